The molecule has 1 fully saturated rings. The summed E-state index contributed by atoms with van der Waals surface area (Å²) < 4.78 is 9.93. The fraction of sp³-hybridized carbons (Fsp3) is 0.818. The van der Waals surface area contributed by atoms with Gasteiger partial charge in [0.25, 0.3) is 0 Å². The first kappa shape index (κ1) is 27.2. The molecule has 0 amide bonds. The lowest BCUT2D eigenvalue weighted by Gasteiger charge is -2.50. The summed E-state index contributed by atoms with van der Waals surface area (Å²) in [5.74, 6) is -2.22. The molecule has 0 radical (unpaired) electrons. The Hall–Kier alpha value is -0.860. The average Bonchev–Trinajstić information content (AvgIpc) is 3.06. The molecule has 3 unspecified atom stereocenters. The number of carbonyl (C=O) groups excluding carboxylic acids is 4. The number of Topliss-reactive ketones (excluding diaryl/α,β-unsaturated/α-hetero) is 2. The van der Waals surface area contributed by atoms with Gasteiger partial charge in [-0.15, -0.1) is 0 Å². The summed E-state index contributed by atoms with van der Waals surface area (Å²) in [7, 11) is 3.89. The summed E-state index contributed by atoms with van der Waals surface area (Å²) in [5.41, 5.74) is -2.79. The Balaban J connectivity index is 3.80. The van der Waals surface area contributed by atoms with Crippen molar-refractivity contribution in [3.8, 4) is 0 Å². The SMILES string of the molecule is CCCCC(CC(=O)OP)C(CCCC)(CCCC)C1(C(=O)OP)C(=O)CCC1=O. The van der Waals surface area contributed by atoms with Gasteiger partial charge < -0.3 is 9.05 Å². The summed E-state index contributed by atoms with van der Waals surface area (Å²) in [4.78, 5) is 52.4. The quantitative estimate of drug-likeness (QED) is 0.264. The minimum absolute atomic E-state index is 0.0488. The molecule has 1 aliphatic carbocycles. The summed E-state index contributed by atoms with van der Waals surface area (Å²) >= 11 is 0. The first-order valence-corrected chi connectivity index (χ1v) is 12.1. The number of hydrogen-bond donors (Lipinski definition) is 0. The van der Waals surface area contributed by atoms with Crippen LogP contribution in [0.5, 0.6) is 0 Å². The van der Waals surface area contributed by atoms with Crippen LogP contribution in [0.3, 0.4) is 0 Å². The van der Waals surface area contributed by atoms with Crippen molar-refractivity contribution >= 4 is 42.4 Å². The van der Waals surface area contributed by atoms with E-state index in [2.05, 4.69) is 6.92 Å². The van der Waals surface area contributed by atoms with Gasteiger partial charge in [-0.05, 0) is 25.2 Å². The van der Waals surface area contributed by atoms with Crippen LogP contribution in [0.2, 0.25) is 0 Å². The minimum Gasteiger partial charge on any atom is -0.451 e. The van der Waals surface area contributed by atoms with Gasteiger partial charge in [-0.25, -0.2) is 0 Å². The lowest BCUT2D eigenvalue weighted by molar-refractivity contribution is -0.172. The van der Waals surface area contributed by atoms with Gasteiger partial charge in [0.15, 0.2) is 17.0 Å². The van der Waals surface area contributed by atoms with Gasteiger partial charge in [-0.3, -0.25) is 19.2 Å². The van der Waals surface area contributed by atoms with Crippen molar-refractivity contribution in [1.82, 2.24) is 0 Å². The van der Waals surface area contributed by atoms with Crippen LogP contribution in [0, 0.1) is 16.7 Å². The predicted molar refractivity (Wildman–Crippen MR) is 122 cm³/mol. The zero-order valence-corrected chi connectivity index (χ0v) is 21.0. The highest BCUT2D eigenvalue weighted by atomic mass is 31.0. The van der Waals surface area contributed by atoms with Gasteiger partial charge in [0, 0.05) is 24.7 Å². The van der Waals surface area contributed by atoms with Crippen molar-refractivity contribution in [3.05, 3.63) is 0 Å². The van der Waals surface area contributed by atoms with Gasteiger partial charge in [-0.1, -0.05) is 59.3 Å². The normalized spacial score (nSPS) is 17.1. The molecular formula is C22H38O6P2. The third kappa shape index (κ3) is 5.30. The van der Waals surface area contributed by atoms with Crippen LogP contribution in [-0.2, 0) is 28.2 Å². The van der Waals surface area contributed by atoms with E-state index in [4.69, 9.17) is 9.05 Å². The Labute approximate surface area is 185 Å². The molecule has 0 saturated heterocycles. The zero-order valence-electron chi connectivity index (χ0n) is 18.7. The largest absolute Gasteiger partial charge is 0.451 e. The summed E-state index contributed by atoms with van der Waals surface area (Å²) in [5, 5.41) is 0. The second-order valence-corrected chi connectivity index (χ2v) is 8.87. The van der Waals surface area contributed by atoms with Crippen molar-refractivity contribution in [1.29, 1.82) is 0 Å². The minimum atomic E-state index is -1.83. The number of rotatable bonds is 14. The lowest BCUT2D eigenvalue weighted by Crippen LogP contribution is -2.59. The van der Waals surface area contributed by atoms with Gasteiger partial charge in [0.05, 0.1) is 18.9 Å². The topological polar surface area (TPSA) is 86.7 Å². The van der Waals surface area contributed by atoms with Crippen molar-refractivity contribution in [2.24, 2.45) is 16.7 Å². The molecule has 0 aromatic rings. The zero-order chi connectivity index (χ0) is 22.8. The maximum absolute atomic E-state index is 13.4. The van der Waals surface area contributed by atoms with Crippen LogP contribution in [0.15, 0.2) is 0 Å². The highest BCUT2D eigenvalue weighted by Gasteiger charge is 2.69. The maximum atomic E-state index is 13.4. The molecule has 8 heteroatoms. The molecule has 3 atom stereocenters. The van der Waals surface area contributed by atoms with Crippen molar-refractivity contribution in [3.63, 3.8) is 0 Å². The molecule has 1 rings (SSSR count). The molecule has 0 aromatic heterocycles. The first-order chi connectivity index (χ1) is 14.3. The molecule has 0 N–H and O–H groups in total. The molecular weight excluding hydrogens is 422 g/mol. The fourth-order valence-corrected chi connectivity index (χ4v) is 5.58. The van der Waals surface area contributed by atoms with E-state index in [9.17, 15) is 19.2 Å². The van der Waals surface area contributed by atoms with E-state index in [1.807, 2.05) is 32.8 Å². The second kappa shape index (κ2) is 12.9. The molecule has 30 heavy (non-hydrogen) atoms. The van der Waals surface area contributed by atoms with E-state index in [1.54, 1.807) is 0 Å². The second-order valence-electron chi connectivity index (χ2n) is 8.40. The van der Waals surface area contributed by atoms with Crippen LogP contribution in [-0.4, -0.2) is 23.5 Å². The molecule has 1 saturated carbocycles. The smallest absolute Gasteiger partial charge is 0.330 e. The number of unbranched alkanes of at least 4 members (excludes halogenated alkanes) is 3. The monoisotopic (exact) mass is 460 g/mol. The number of ketones is 2. The van der Waals surface area contributed by atoms with Gasteiger partial charge in [-0.2, -0.15) is 0 Å². The molecule has 0 spiro atoms. The maximum Gasteiger partial charge on any atom is 0.330 e. The predicted octanol–water partition coefficient (Wildman–Crippen LogP) is 5.13. The Morgan fingerprint density at radius 3 is 1.83 bits per heavy atom. The molecule has 172 valence electrons. The Morgan fingerprint density at radius 2 is 1.43 bits per heavy atom. The summed E-state index contributed by atoms with van der Waals surface area (Å²) in [6.45, 7) is 6.15. The van der Waals surface area contributed by atoms with Crippen LogP contribution in [0.4, 0.5) is 0 Å². The Bertz CT molecular complexity index is 595. The third-order valence-electron chi connectivity index (χ3n) is 6.76. The van der Waals surface area contributed by atoms with Crippen LogP contribution < -0.4 is 0 Å². The van der Waals surface area contributed by atoms with Crippen molar-refractivity contribution < 1.29 is 28.2 Å². The number of hydrogen-bond acceptors (Lipinski definition) is 6. The van der Waals surface area contributed by atoms with E-state index >= 15 is 0 Å². The van der Waals surface area contributed by atoms with E-state index < -0.39 is 22.8 Å². The summed E-state index contributed by atoms with van der Waals surface area (Å²) in [6, 6.07) is 0. The molecule has 0 heterocycles. The van der Waals surface area contributed by atoms with Crippen molar-refractivity contribution in [2.75, 3.05) is 0 Å². The van der Waals surface area contributed by atoms with Gasteiger partial charge >= 0.3 is 11.9 Å². The van der Waals surface area contributed by atoms with Gasteiger partial charge in [0.2, 0.25) is 0 Å². The van der Waals surface area contributed by atoms with E-state index in [1.165, 1.54) is 0 Å². The van der Waals surface area contributed by atoms with E-state index in [0.717, 1.165) is 38.5 Å². The van der Waals surface area contributed by atoms with E-state index in [0.29, 0.717) is 19.3 Å². The fourth-order valence-electron chi connectivity index (χ4n) is 5.30. The highest BCUT2D eigenvalue weighted by Crippen LogP contribution is 2.59. The van der Waals surface area contributed by atoms with Crippen LogP contribution in [0.25, 0.3) is 0 Å². The standard InChI is InChI=1S/C22H38O6P2/c1-4-7-10-16(15-19(25)27-29)21(13-8-5-2,14-9-6-3)22(20(26)28-30)17(23)11-12-18(22)24/h16H,4-15,29-30H2,1-3H3. The molecule has 1 aliphatic rings. The molecule has 0 aliphatic heterocycles. The van der Waals surface area contributed by atoms with Crippen LogP contribution >= 0.6 is 18.9 Å². The van der Waals surface area contributed by atoms with Gasteiger partial charge in [0.1, 0.15) is 0 Å². The van der Waals surface area contributed by atoms with Crippen molar-refractivity contribution in [2.45, 2.75) is 97.8 Å². The summed E-state index contributed by atoms with van der Waals surface area (Å²) in [6.07, 6.45) is 6.85. The highest BCUT2D eigenvalue weighted by molar-refractivity contribution is 7.11. The average molecular weight is 460 g/mol. The lowest BCUT2D eigenvalue weighted by atomic mass is 9.50. The third-order valence-corrected chi connectivity index (χ3v) is 7.24. The van der Waals surface area contributed by atoms with E-state index in [-0.39, 0.29) is 36.7 Å². The number of carbonyl (C=O) groups is 4. The molecule has 6 nitrogen and oxygen atoms in total. The Morgan fingerprint density at radius 1 is 0.933 bits per heavy atom. The molecule has 0 bridgehead atoms. The molecule has 0 aromatic carbocycles. The first-order valence-electron chi connectivity index (χ1n) is 11.2. The van der Waals surface area contributed by atoms with Crippen LogP contribution in [0.1, 0.15) is 97.8 Å². The Kier molecular flexibility index (Phi) is 11.7.